The molecule has 0 radical (unpaired) electrons. The average Bonchev–Trinajstić information content (AvgIpc) is 3.38. The first-order valence-electron chi connectivity index (χ1n) is 33.4. The van der Waals surface area contributed by atoms with Gasteiger partial charge in [0.25, 0.3) is 0 Å². The molecular weight excluding hydrogens is 960 g/mol. The third-order valence-corrected chi connectivity index (χ3v) is 16.3. The molecule has 0 saturated carbocycles. The summed E-state index contributed by atoms with van der Waals surface area (Å²) in [5.41, 5.74) is 0. The van der Waals surface area contributed by atoms with Crippen LogP contribution >= 0.6 is 7.82 Å². The first-order chi connectivity index (χ1) is 37.0. The van der Waals surface area contributed by atoms with Crippen LogP contribution in [0.3, 0.4) is 0 Å². The van der Waals surface area contributed by atoms with Gasteiger partial charge in [-0.25, -0.2) is 4.57 Å². The van der Waals surface area contributed by atoms with E-state index in [-0.39, 0.29) is 19.1 Å². The maximum atomic E-state index is 13.0. The standard InChI is InChI=1S/C67H131N2O6P/c1-6-8-10-12-14-16-18-20-22-24-26-28-30-32-34-36-38-40-42-44-46-48-50-52-54-56-58-60-66(70)65(64-75-76(72,73)74-63-62-69(3,4)5)68-67(71)61-59-57-55-53-51-49-47-45-43-41-39-37-35-33-31-29-27-25-23-21-19-17-15-13-11-9-7-2/h25,27,50,52,58,60,65-66,70H,6-24,26,28-49,51,53-57,59,61-64H2,1-5H3,(H-,68,71,72,73)/p+1/b27-25-,52-50+,60-58+. The van der Waals surface area contributed by atoms with Crippen molar-refractivity contribution in [3.8, 4) is 0 Å². The van der Waals surface area contributed by atoms with E-state index in [1.54, 1.807) is 6.08 Å². The van der Waals surface area contributed by atoms with Crippen molar-refractivity contribution in [2.45, 2.75) is 347 Å². The van der Waals surface area contributed by atoms with Crippen LogP contribution in [0.1, 0.15) is 335 Å². The third-order valence-electron chi connectivity index (χ3n) is 15.3. The number of hydrogen-bond acceptors (Lipinski definition) is 5. The Kier molecular flexibility index (Phi) is 57.4. The van der Waals surface area contributed by atoms with Gasteiger partial charge in [0.05, 0.1) is 39.9 Å². The van der Waals surface area contributed by atoms with Crippen LogP contribution in [0.15, 0.2) is 36.5 Å². The summed E-state index contributed by atoms with van der Waals surface area (Å²) in [4.78, 5) is 23.4. The van der Waals surface area contributed by atoms with Gasteiger partial charge in [0.1, 0.15) is 13.2 Å². The SMILES string of the molecule is CCCCCCCCCC/C=C\CCCCCCCCCCCCCCCCCC(=O)NC(COP(=O)(O)OCC[N+](C)(C)C)C(O)/C=C/CC/C=C/CCCCCCCCCCCCCCCCCCCCCCC. The number of aliphatic hydroxyl groups is 1. The van der Waals surface area contributed by atoms with E-state index in [1.165, 1.54) is 276 Å². The number of unbranched alkanes of at least 4 members (excludes halogenated alkanes) is 45. The number of carbonyl (C=O) groups excluding carboxylic acids is 1. The minimum atomic E-state index is -4.36. The highest BCUT2D eigenvalue weighted by Crippen LogP contribution is 2.43. The Hall–Kier alpha value is -1.28. The summed E-state index contributed by atoms with van der Waals surface area (Å²) in [5, 5.41) is 14.0. The highest BCUT2D eigenvalue weighted by atomic mass is 31.2. The molecular formula is C67H132N2O6P+. The Morgan fingerprint density at radius 3 is 1.05 bits per heavy atom. The summed E-state index contributed by atoms with van der Waals surface area (Å²) in [7, 11) is 1.57. The normalized spacial score (nSPS) is 13.9. The van der Waals surface area contributed by atoms with Crippen LogP contribution in [0.5, 0.6) is 0 Å². The molecule has 0 bridgehead atoms. The molecule has 3 unspecified atom stereocenters. The number of nitrogens with one attached hydrogen (secondary N) is 1. The predicted octanol–water partition coefficient (Wildman–Crippen LogP) is 20.9. The maximum absolute atomic E-state index is 13.0. The molecule has 0 aromatic heterocycles. The Morgan fingerprint density at radius 2 is 0.724 bits per heavy atom. The summed E-state index contributed by atoms with van der Waals surface area (Å²) in [6.45, 7) is 4.85. The van der Waals surface area contributed by atoms with E-state index < -0.39 is 20.0 Å². The summed E-state index contributed by atoms with van der Waals surface area (Å²) in [6, 6.07) is -0.864. The van der Waals surface area contributed by atoms with Gasteiger partial charge in [-0.15, -0.1) is 0 Å². The number of phosphoric acid groups is 1. The van der Waals surface area contributed by atoms with Gasteiger partial charge in [-0.1, -0.05) is 307 Å². The molecule has 0 spiro atoms. The molecule has 0 aromatic carbocycles. The Balaban J connectivity index is 4.13. The van der Waals surface area contributed by atoms with Crippen molar-refractivity contribution in [3.05, 3.63) is 36.5 Å². The molecule has 3 atom stereocenters. The third kappa shape index (κ3) is 60.4. The van der Waals surface area contributed by atoms with E-state index in [0.29, 0.717) is 17.4 Å². The molecule has 76 heavy (non-hydrogen) atoms. The Morgan fingerprint density at radius 1 is 0.434 bits per heavy atom. The zero-order chi connectivity index (χ0) is 55.6. The van der Waals surface area contributed by atoms with Gasteiger partial charge in [0.2, 0.25) is 5.91 Å². The minimum absolute atomic E-state index is 0.0576. The molecule has 0 fully saturated rings. The van der Waals surface area contributed by atoms with Crippen LogP contribution in [-0.4, -0.2) is 73.4 Å². The predicted molar refractivity (Wildman–Crippen MR) is 332 cm³/mol. The van der Waals surface area contributed by atoms with Crippen molar-refractivity contribution in [1.29, 1.82) is 0 Å². The zero-order valence-corrected chi connectivity index (χ0v) is 52.4. The molecule has 0 aliphatic carbocycles. The van der Waals surface area contributed by atoms with Crippen LogP contribution in [0.4, 0.5) is 0 Å². The fourth-order valence-electron chi connectivity index (χ4n) is 10.1. The van der Waals surface area contributed by atoms with Gasteiger partial charge >= 0.3 is 7.82 Å². The first kappa shape index (κ1) is 74.7. The molecule has 0 aliphatic heterocycles. The summed E-state index contributed by atoms with van der Waals surface area (Å²) in [5.74, 6) is -0.181. The van der Waals surface area contributed by atoms with Gasteiger partial charge in [-0.05, 0) is 57.8 Å². The monoisotopic (exact) mass is 1090 g/mol. The fraction of sp³-hybridized carbons (Fsp3) is 0.896. The highest BCUT2D eigenvalue weighted by Gasteiger charge is 2.28. The summed E-state index contributed by atoms with van der Waals surface area (Å²) >= 11 is 0. The first-order valence-corrected chi connectivity index (χ1v) is 34.9. The van der Waals surface area contributed by atoms with Crippen molar-refractivity contribution < 1.29 is 32.9 Å². The number of allylic oxidation sites excluding steroid dienone is 5. The van der Waals surface area contributed by atoms with Gasteiger partial charge in [-0.3, -0.25) is 13.8 Å². The lowest BCUT2D eigenvalue weighted by molar-refractivity contribution is -0.870. The van der Waals surface area contributed by atoms with Gasteiger partial charge in [0.15, 0.2) is 0 Å². The van der Waals surface area contributed by atoms with E-state index in [0.717, 1.165) is 38.5 Å². The number of carbonyl (C=O) groups is 1. The van der Waals surface area contributed by atoms with Gasteiger partial charge < -0.3 is 19.8 Å². The topological polar surface area (TPSA) is 105 Å². The number of phosphoric ester groups is 1. The van der Waals surface area contributed by atoms with Gasteiger partial charge in [-0.2, -0.15) is 0 Å². The molecule has 0 rings (SSSR count). The number of amides is 1. The lowest BCUT2D eigenvalue weighted by Gasteiger charge is -2.25. The second-order valence-electron chi connectivity index (χ2n) is 24.2. The molecule has 9 heteroatoms. The lowest BCUT2D eigenvalue weighted by atomic mass is 10.0. The van der Waals surface area contributed by atoms with Crippen molar-refractivity contribution in [2.24, 2.45) is 0 Å². The maximum Gasteiger partial charge on any atom is 0.472 e. The van der Waals surface area contributed by atoms with Crippen LogP contribution in [0.25, 0.3) is 0 Å². The second kappa shape index (κ2) is 58.4. The smallest absolute Gasteiger partial charge is 0.387 e. The molecule has 450 valence electrons. The number of nitrogens with zero attached hydrogens (tertiary/aromatic N) is 1. The lowest BCUT2D eigenvalue weighted by Crippen LogP contribution is -2.45. The molecule has 3 N–H and O–H groups in total. The second-order valence-corrected chi connectivity index (χ2v) is 25.6. The fourth-order valence-corrected chi connectivity index (χ4v) is 10.9. The van der Waals surface area contributed by atoms with Crippen molar-refractivity contribution in [3.63, 3.8) is 0 Å². The quantitative estimate of drug-likeness (QED) is 0.0243. The van der Waals surface area contributed by atoms with E-state index in [1.807, 2.05) is 27.2 Å². The molecule has 0 aromatic rings. The van der Waals surface area contributed by atoms with E-state index in [9.17, 15) is 19.4 Å². The Labute approximate surface area is 474 Å². The molecule has 1 amide bonds. The van der Waals surface area contributed by atoms with Crippen molar-refractivity contribution in [1.82, 2.24) is 5.32 Å². The van der Waals surface area contributed by atoms with Crippen LogP contribution in [-0.2, 0) is 18.4 Å². The number of likely N-dealkylation sites (N-methyl/N-ethyl adjacent to an activating group) is 1. The van der Waals surface area contributed by atoms with E-state index >= 15 is 0 Å². The number of hydrogen-bond donors (Lipinski definition) is 3. The van der Waals surface area contributed by atoms with Crippen LogP contribution in [0, 0.1) is 0 Å². The van der Waals surface area contributed by atoms with Crippen LogP contribution < -0.4 is 5.32 Å². The molecule has 8 nitrogen and oxygen atoms in total. The zero-order valence-electron chi connectivity index (χ0n) is 51.5. The molecule has 0 aliphatic rings. The van der Waals surface area contributed by atoms with Crippen molar-refractivity contribution in [2.75, 3.05) is 40.9 Å². The minimum Gasteiger partial charge on any atom is -0.387 e. The summed E-state index contributed by atoms with van der Waals surface area (Å²) < 4.78 is 23.8. The molecule has 0 saturated heterocycles. The number of rotatable bonds is 62. The highest BCUT2D eigenvalue weighted by molar-refractivity contribution is 7.47. The number of quaternary nitrogens is 1. The summed E-state index contributed by atoms with van der Waals surface area (Å²) in [6.07, 6.45) is 77.1. The number of aliphatic hydroxyl groups excluding tert-OH is 1. The van der Waals surface area contributed by atoms with Crippen molar-refractivity contribution >= 4 is 13.7 Å². The Bertz CT molecular complexity index is 1330. The van der Waals surface area contributed by atoms with Crippen LogP contribution in [0.2, 0.25) is 0 Å². The van der Waals surface area contributed by atoms with E-state index in [4.69, 9.17) is 9.05 Å². The average molecular weight is 1090 g/mol. The largest absolute Gasteiger partial charge is 0.472 e. The van der Waals surface area contributed by atoms with Gasteiger partial charge in [0, 0.05) is 6.42 Å². The molecule has 0 heterocycles. The van der Waals surface area contributed by atoms with E-state index in [2.05, 4.69) is 43.5 Å².